The van der Waals surface area contributed by atoms with E-state index in [1.54, 1.807) is 28.7 Å². The smallest absolute Gasteiger partial charge is 0.251 e. The van der Waals surface area contributed by atoms with Crippen LogP contribution in [0.5, 0.6) is 5.75 Å². The van der Waals surface area contributed by atoms with Crippen molar-refractivity contribution in [3.63, 3.8) is 0 Å². The number of thioether (sulfide) groups is 1. The molecule has 6 rings (SSSR count). The Morgan fingerprint density at radius 1 is 0.927 bits per heavy atom. The van der Waals surface area contributed by atoms with Gasteiger partial charge in [-0.3, -0.25) is 14.4 Å². The molecule has 4 heterocycles. The van der Waals surface area contributed by atoms with Gasteiger partial charge in [0.05, 0.1) is 23.7 Å². The Hall–Kier alpha value is -3.56. The highest BCUT2D eigenvalue weighted by atomic mass is 32.2. The Labute approximate surface area is 244 Å². The first-order valence-electron chi connectivity index (χ1n) is 14.1. The molecule has 1 N–H and O–H groups in total. The second-order valence-corrected chi connectivity index (χ2v) is 13.1. The minimum atomic E-state index is -0.917. The molecule has 41 heavy (non-hydrogen) atoms. The molecule has 2 fully saturated rings. The lowest BCUT2D eigenvalue weighted by Crippen LogP contribution is -2.53. The number of nitrogens with zero attached hydrogens (tertiary/aromatic N) is 3. The van der Waals surface area contributed by atoms with E-state index in [2.05, 4.69) is 6.08 Å². The summed E-state index contributed by atoms with van der Waals surface area (Å²) in [5.41, 5.74) is 1.74. The summed E-state index contributed by atoms with van der Waals surface area (Å²) < 4.78 is 3.72. The van der Waals surface area contributed by atoms with Gasteiger partial charge in [-0.05, 0) is 43.2 Å². The highest BCUT2D eigenvalue weighted by molar-refractivity contribution is 8.02. The molecule has 2 aromatic carbocycles. The Kier molecular flexibility index (Phi) is 7.20. The third-order valence-corrected chi connectivity index (χ3v) is 10.6. The lowest BCUT2D eigenvalue weighted by molar-refractivity contribution is -0.144. The second-order valence-electron chi connectivity index (χ2n) is 11.3. The van der Waals surface area contributed by atoms with Gasteiger partial charge < -0.3 is 24.5 Å². The second kappa shape index (κ2) is 10.7. The summed E-state index contributed by atoms with van der Waals surface area (Å²) in [6, 6.07) is 16.4. The molecule has 214 valence electrons. The minimum absolute atomic E-state index is 0.0658. The average Bonchev–Trinajstić information content (AvgIpc) is 3.25. The van der Waals surface area contributed by atoms with Gasteiger partial charge in [-0.1, -0.05) is 54.6 Å². The van der Waals surface area contributed by atoms with Crippen LogP contribution in [0.3, 0.4) is 0 Å². The number of hydrogen-bond donors (Lipinski definition) is 1. The topological polar surface area (TPSA) is 90.4 Å². The number of ether oxygens (including phenoxy) is 1. The minimum Gasteiger partial charge on any atom is -0.497 e. The number of carbonyl (C=O) groups excluding carboxylic acids is 3. The molecule has 4 aliphatic rings. The van der Waals surface area contributed by atoms with Crippen molar-refractivity contribution < 1.29 is 24.2 Å². The van der Waals surface area contributed by atoms with E-state index in [4.69, 9.17) is 4.74 Å². The number of likely N-dealkylation sites (tertiary alicyclic amines) is 1. The fourth-order valence-electron chi connectivity index (χ4n) is 6.99. The molecule has 0 aromatic heterocycles. The van der Waals surface area contributed by atoms with E-state index >= 15 is 0 Å². The van der Waals surface area contributed by atoms with E-state index < -0.39 is 27.4 Å². The van der Waals surface area contributed by atoms with Gasteiger partial charge in [0.25, 0.3) is 5.91 Å². The molecule has 2 saturated heterocycles. The van der Waals surface area contributed by atoms with E-state index in [1.807, 2.05) is 84.6 Å². The maximum absolute atomic E-state index is 14.5. The summed E-state index contributed by atoms with van der Waals surface area (Å²) in [7, 11) is 1.60. The molecule has 3 amide bonds. The first kappa shape index (κ1) is 27.6. The quantitative estimate of drug-likeness (QED) is 0.512. The summed E-state index contributed by atoms with van der Waals surface area (Å²) >= 11 is 1.57. The van der Waals surface area contributed by atoms with Crippen LogP contribution in [-0.4, -0.2) is 81.5 Å². The van der Waals surface area contributed by atoms with E-state index in [0.717, 1.165) is 5.56 Å². The lowest BCUT2D eigenvalue weighted by atomic mass is 9.74. The SMILES string of the molecule is COc1ccc(N2CC=C[C@]34S[C@@]5(C)C=CCN(Cc6ccccc6)C(=O)[C@H]5[C@H]3C(=O)N(CCCO)C4C2=O)cc1. The van der Waals surface area contributed by atoms with Gasteiger partial charge in [-0.15, -0.1) is 11.8 Å². The van der Waals surface area contributed by atoms with Gasteiger partial charge in [-0.25, -0.2) is 0 Å². The van der Waals surface area contributed by atoms with Crippen LogP contribution < -0.4 is 9.64 Å². The molecule has 0 aliphatic carbocycles. The van der Waals surface area contributed by atoms with Crippen molar-refractivity contribution in [3.8, 4) is 5.75 Å². The van der Waals surface area contributed by atoms with Crippen LogP contribution in [0.15, 0.2) is 78.9 Å². The van der Waals surface area contributed by atoms with Crippen LogP contribution in [0, 0.1) is 11.8 Å². The first-order chi connectivity index (χ1) is 19.8. The van der Waals surface area contributed by atoms with E-state index in [0.29, 0.717) is 37.5 Å². The van der Waals surface area contributed by atoms with Crippen molar-refractivity contribution in [3.05, 3.63) is 84.5 Å². The Balaban J connectivity index is 1.41. The fourth-order valence-corrected chi connectivity index (χ4v) is 9.15. The molecule has 0 radical (unpaired) electrons. The van der Waals surface area contributed by atoms with Gasteiger partial charge in [-0.2, -0.15) is 0 Å². The molecule has 9 heteroatoms. The van der Waals surface area contributed by atoms with E-state index in [9.17, 15) is 19.5 Å². The normalized spacial score (nSPS) is 30.7. The van der Waals surface area contributed by atoms with Crippen LogP contribution in [0.1, 0.15) is 18.9 Å². The number of carbonyl (C=O) groups is 3. The number of amides is 3. The molecule has 0 bridgehead atoms. The number of aliphatic hydroxyl groups excluding tert-OH is 1. The highest BCUT2D eigenvalue weighted by Gasteiger charge is 2.73. The van der Waals surface area contributed by atoms with Gasteiger partial charge in [0.1, 0.15) is 11.8 Å². The Morgan fingerprint density at radius 3 is 2.37 bits per heavy atom. The highest BCUT2D eigenvalue weighted by Crippen LogP contribution is 2.65. The lowest BCUT2D eigenvalue weighted by Gasteiger charge is -2.36. The molecular weight excluding hydrogens is 538 g/mol. The molecule has 4 aliphatic heterocycles. The summed E-state index contributed by atoms with van der Waals surface area (Å²) in [4.78, 5) is 48.4. The number of aliphatic hydroxyl groups is 1. The van der Waals surface area contributed by atoms with Gasteiger partial charge >= 0.3 is 0 Å². The van der Waals surface area contributed by atoms with Gasteiger partial charge in [0.2, 0.25) is 11.8 Å². The van der Waals surface area contributed by atoms with Gasteiger partial charge in [0.15, 0.2) is 0 Å². The molecule has 2 aromatic rings. The molecule has 0 saturated carbocycles. The molecule has 5 atom stereocenters. The first-order valence-corrected chi connectivity index (χ1v) is 14.9. The molecule has 1 unspecified atom stereocenters. The summed E-state index contributed by atoms with van der Waals surface area (Å²) in [6.07, 6.45) is 8.44. The van der Waals surface area contributed by atoms with Crippen LogP contribution in [0.25, 0.3) is 0 Å². The molecule has 1 spiro atoms. The zero-order valence-electron chi connectivity index (χ0n) is 23.3. The van der Waals surface area contributed by atoms with Crippen molar-refractivity contribution in [2.24, 2.45) is 11.8 Å². The Morgan fingerprint density at radius 2 is 1.66 bits per heavy atom. The summed E-state index contributed by atoms with van der Waals surface area (Å²) in [5.74, 6) is -1.08. The maximum atomic E-state index is 14.5. The maximum Gasteiger partial charge on any atom is 0.251 e. The van der Waals surface area contributed by atoms with Crippen LogP contribution >= 0.6 is 11.8 Å². The largest absolute Gasteiger partial charge is 0.497 e. The molecular formula is C32H35N3O5S. The third kappa shape index (κ3) is 4.46. The number of benzene rings is 2. The van der Waals surface area contributed by atoms with Crippen molar-refractivity contribution >= 4 is 35.2 Å². The van der Waals surface area contributed by atoms with E-state index in [1.165, 1.54) is 0 Å². The number of hydrogen-bond acceptors (Lipinski definition) is 6. The van der Waals surface area contributed by atoms with Crippen LogP contribution in [-0.2, 0) is 20.9 Å². The van der Waals surface area contributed by atoms with Crippen molar-refractivity contribution in [1.82, 2.24) is 9.80 Å². The predicted octanol–water partition coefficient (Wildman–Crippen LogP) is 3.27. The zero-order chi connectivity index (χ0) is 28.8. The zero-order valence-corrected chi connectivity index (χ0v) is 24.1. The fraction of sp³-hybridized carbons (Fsp3) is 0.406. The van der Waals surface area contributed by atoms with E-state index in [-0.39, 0.29) is 30.9 Å². The van der Waals surface area contributed by atoms with Crippen molar-refractivity contribution in [2.75, 3.05) is 38.3 Å². The number of rotatable bonds is 7. The number of fused-ring (bicyclic) bond motifs is 2. The average molecular weight is 574 g/mol. The monoisotopic (exact) mass is 573 g/mol. The number of methoxy groups -OCH3 is 1. The van der Waals surface area contributed by atoms with Crippen molar-refractivity contribution in [1.29, 1.82) is 0 Å². The third-order valence-electron chi connectivity index (χ3n) is 8.80. The van der Waals surface area contributed by atoms with Crippen LogP contribution in [0.4, 0.5) is 5.69 Å². The summed E-state index contributed by atoms with van der Waals surface area (Å²) in [5, 5.41) is 9.66. The number of anilines is 1. The molecule has 8 nitrogen and oxygen atoms in total. The van der Waals surface area contributed by atoms with Gasteiger partial charge in [0, 0.05) is 43.2 Å². The van der Waals surface area contributed by atoms with Crippen LogP contribution in [0.2, 0.25) is 0 Å². The summed E-state index contributed by atoms with van der Waals surface area (Å²) in [6.45, 7) is 3.45. The van der Waals surface area contributed by atoms with Crippen molar-refractivity contribution in [2.45, 2.75) is 35.4 Å². The Bertz CT molecular complexity index is 1400. The standard InChI is InChI=1S/C32H35N3O5S/c1-31-15-6-17-33(21-22-9-4-3-5-10-22)28(37)25(31)26-29(38)35(19-8-20-36)27-30(39)34(18-7-16-32(26,27)41-31)23-11-13-24(40-2)14-12-23/h3-7,9-16,25-27,36H,8,17-21H2,1-2H3/t25-,26+,27?,31+,32+/m1/s1. The predicted molar refractivity (Wildman–Crippen MR) is 158 cm³/mol.